The summed E-state index contributed by atoms with van der Waals surface area (Å²) in [4.78, 5) is 0. The van der Waals surface area contributed by atoms with Crippen LogP contribution in [-0.2, 0) is 0 Å². The lowest BCUT2D eigenvalue weighted by molar-refractivity contribution is -0.132. The molecular weight excluding hydrogens is 204 g/mol. The van der Waals surface area contributed by atoms with E-state index in [4.69, 9.17) is 0 Å². The molecule has 4 bridgehead atoms. The van der Waals surface area contributed by atoms with Crippen LogP contribution in [0.4, 0.5) is 0 Å². The first-order valence-corrected chi connectivity index (χ1v) is 8.30. The van der Waals surface area contributed by atoms with E-state index >= 15 is 0 Å². The van der Waals surface area contributed by atoms with Crippen molar-refractivity contribution in [2.75, 3.05) is 0 Å². The highest BCUT2D eigenvalue weighted by atomic mass is 14.6. The van der Waals surface area contributed by atoms with Crippen molar-refractivity contribution in [2.45, 2.75) is 71.1 Å². The maximum atomic E-state index is 2.40. The molecule has 5 aliphatic carbocycles. The summed E-state index contributed by atoms with van der Waals surface area (Å²) in [5, 5.41) is 0. The summed E-state index contributed by atoms with van der Waals surface area (Å²) >= 11 is 0. The lowest BCUT2D eigenvalue weighted by Crippen LogP contribution is -2.54. The highest BCUT2D eigenvalue weighted by molar-refractivity contribution is 5.07. The van der Waals surface area contributed by atoms with Crippen LogP contribution in [0, 0.1) is 35.0 Å². The van der Waals surface area contributed by atoms with E-state index in [0.29, 0.717) is 0 Å². The Balaban J connectivity index is 1.58. The number of rotatable bonds is 1. The van der Waals surface area contributed by atoms with Crippen molar-refractivity contribution < 1.29 is 0 Å². The minimum absolute atomic E-state index is 0.860. The number of hydrogen-bond acceptors (Lipinski definition) is 0. The second kappa shape index (κ2) is 3.75. The summed E-state index contributed by atoms with van der Waals surface area (Å²) in [7, 11) is 0. The van der Waals surface area contributed by atoms with E-state index in [1.54, 1.807) is 57.8 Å². The highest BCUT2D eigenvalue weighted by Crippen LogP contribution is 2.66. The van der Waals surface area contributed by atoms with Crippen LogP contribution < -0.4 is 0 Å². The van der Waals surface area contributed by atoms with Gasteiger partial charge < -0.3 is 0 Å². The summed E-state index contributed by atoms with van der Waals surface area (Å²) in [6, 6.07) is 0. The van der Waals surface area contributed by atoms with E-state index in [0.717, 1.165) is 35.0 Å². The van der Waals surface area contributed by atoms with Gasteiger partial charge in [-0.15, -0.1) is 0 Å². The van der Waals surface area contributed by atoms with Crippen LogP contribution in [-0.4, -0.2) is 0 Å². The molecule has 0 unspecified atom stereocenters. The van der Waals surface area contributed by atoms with Gasteiger partial charge in [0.05, 0.1) is 0 Å². The molecule has 0 aromatic heterocycles. The predicted molar refractivity (Wildman–Crippen MR) is 71.7 cm³/mol. The zero-order valence-electron chi connectivity index (χ0n) is 11.5. The van der Waals surface area contributed by atoms with Gasteiger partial charge in [-0.3, -0.25) is 0 Å². The van der Waals surface area contributed by atoms with Gasteiger partial charge in [-0.25, -0.2) is 0 Å². The Labute approximate surface area is 107 Å². The third-order valence-electron chi connectivity index (χ3n) is 7.38. The van der Waals surface area contributed by atoms with Crippen molar-refractivity contribution >= 4 is 0 Å². The van der Waals surface area contributed by atoms with Gasteiger partial charge in [-0.1, -0.05) is 13.3 Å². The first-order chi connectivity index (χ1) is 8.30. The molecule has 1 spiro atoms. The van der Waals surface area contributed by atoms with Gasteiger partial charge in [-0.2, -0.15) is 0 Å². The van der Waals surface area contributed by atoms with Gasteiger partial charge in [-0.05, 0) is 92.8 Å². The molecule has 0 amide bonds. The van der Waals surface area contributed by atoms with Gasteiger partial charge in [0.2, 0.25) is 0 Å². The maximum Gasteiger partial charge on any atom is -0.0240 e. The van der Waals surface area contributed by atoms with Gasteiger partial charge in [0.1, 0.15) is 0 Å². The van der Waals surface area contributed by atoms with E-state index in [2.05, 4.69) is 6.92 Å². The smallest absolute Gasteiger partial charge is 0.0240 e. The van der Waals surface area contributed by atoms with Crippen molar-refractivity contribution in [1.29, 1.82) is 0 Å². The van der Waals surface area contributed by atoms with Crippen LogP contribution in [0.2, 0.25) is 0 Å². The summed E-state index contributed by atoms with van der Waals surface area (Å²) in [5.41, 5.74) is 0.860. The van der Waals surface area contributed by atoms with Crippen LogP contribution in [0.3, 0.4) is 0 Å². The minimum Gasteiger partial charge on any atom is -0.0651 e. The Kier molecular flexibility index (Phi) is 2.40. The molecular formula is C17H28. The lowest BCUT2D eigenvalue weighted by atomic mass is 9.42. The molecule has 0 aromatic carbocycles. The molecule has 5 fully saturated rings. The van der Waals surface area contributed by atoms with Crippen molar-refractivity contribution in [1.82, 2.24) is 0 Å². The average Bonchev–Trinajstić information content (AvgIpc) is 2.36. The first-order valence-electron chi connectivity index (χ1n) is 8.30. The van der Waals surface area contributed by atoms with E-state index < -0.39 is 0 Å². The van der Waals surface area contributed by atoms with Crippen LogP contribution in [0.25, 0.3) is 0 Å². The second-order valence-electron chi connectivity index (χ2n) is 7.89. The summed E-state index contributed by atoms with van der Waals surface area (Å²) < 4.78 is 0. The molecule has 5 rings (SSSR count). The Morgan fingerprint density at radius 3 is 1.82 bits per heavy atom. The molecule has 5 saturated carbocycles. The summed E-state index contributed by atoms with van der Waals surface area (Å²) in [6.45, 7) is 2.40. The molecule has 0 nitrogen and oxygen atoms in total. The van der Waals surface area contributed by atoms with Crippen LogP contribution in [0.15, 0.2) is 0 Å². The van der Waals surface area contributed by atoms with E-state index in [1.807, 2.05) is 0 Å². The largest absolute Gasteiger partial charge is 0.0651 e. The minimum atomic E-state index is 0.860. The molecule has 0 aliphatic heterocycles. The average molecular weight is 232 g/mol. The first kappa shape index (κ1) is 10.9. The Hall–Kier alpha value is 0. The third kappa shape index (κ3) is 1.48. The van der Waals surface area contributed by atoms with E-state index in [-0.39, 0.29) is 0 Å². The fourth-order valence-corrected chi connectivity index (χ4v) is 6.56. The molecule has 0 heteroatoms. The number of hydrogen-bond donors (Lipinski definition) is 0. The van der Waals surface area contributed by atoms with Crippen molar-refractivity contribution in [3.8, 4) is 0 Å². The van der Waals surface area contributed by atoms with Crippen molar-refractivity contribution in [2.24, 2.45) is 35.0 Å². The molecule has 17 heavy (non-hydrogen) atoms. The zero-order valence-corrected chi connectivity index (χ0v) is 11.5. The molecule has 0 radical (unpaired) electrons. The maximum absolute atomic E-state index is 2.40. The Bertz CT molecular complexity index is 265. The quantitative estimate of drug-likeness (QED) is 0.595. The van der Waals surface area contributed by atoms with Crippen molar-refractivity contribution in [3.63, 3.8) is 0 Å². The third-order valence-corrected chi connectivity index (χ3v) is 7.38. The molecule has 0 aromatic rings. The normalized spacial score (nSPS) is 56.6. The molecule has 0 N–H and O–H groups in total. The monoisotopic (exact) mass is 232 g/mol. The van der Waals surface area contributed by atoms with Crippen LogP contribution in [0.5, 0.6) is 0 Å². The van der Waals surface area contributed by atoms with Gasteiger partial charge >= 0.3 is 0 Å². The highest BCUT2D eigenvalue weighted by Gasteiger charge is 2.57. The molecule has 5 aliphatic rings. The standard InChI is InChI=1S/C17H28/c1-2-12-3-5-17(6-4-12)15-8-13-7-14(10-15)11-16(17)9-13/h12-16H,2-11H2,1H3. The van der Waals surface area contributed by atoms with Gasteiger partial charge in [0, 0.05) is 0 Å². The summed E-state index contributed by atoms with van der Waals surface area (Å²) in [5.74, 6) is 5.73. The van der Waals surface area contributed by atoms with Crippen molar-refractivity contribution in [3.05, 3.63) is 0 Å². The van der Waals surface area contributed by atoms with Gasteiger partial charge in [0.15, 0.2) is 0 Å². The predicted octanol–water partition coefficient (Wildman–Crippen LogP) is 5.03. The molecule has 96 valence electrons. The second-order valence-corrected chi connectivity index (χ2v) is 7.89. The summed E-state index contributed by atoms with van der Waals surface area (Å²) in [6.07, 6.45) is 15.9. The zero-order chi connectivity index (χ0) is 11.5. The van der Waals surface area contributed by atoms with Crippen LogP contribution >= 0.6 is 0 Å². The van der Waals surface area contributed by atoms with Gasteiger partial charge in [0.25, 0.3) is 0 Å². The SMILES string of the molecule is CCC1CCC2(CC1)C1CC3CC(C1)CC2C3. The molecule has 0 atom stereocenters. The Morgan fingerprint density at radius 1 is 0.824 bits per heavy atom. The molecule has 0 saturated heterocycles. The van der Waals surface area contributed by atoms with Crippen LogP contribution in [0.1, 0.15) is 71.1 Å². The lowest BCUT2D eigenvalue weighted by Gasteiger charge is -2.63. The van der Waals surface area contributed by atoms with E-state index in [1.165, 1.54) is 6.42 Å². The fourth-order valence-electron chi connectivity index (χ4n) is 6.56. The molecule has 0 heterocycles. The van der Waals surface area contributed by atoms with E-state index in [9.17, 15) is 0 Å². The fraction of sp³-hybridized carbons (Fsp3) is 1.00. The Morgan fingerprint density at radius 2 is 1.35 bits per heavy atom. The topological polar surface area (TPSA) is 0 Å².